The Kier molecular flexibility index (Phi) is 33.1. The van der Waals surface area contributed by atoms with Gasteiger partial charge in [0.15, 0.2) is 0 Å². The maximum Gasteiger partial charge on any atom is 0.248 e. The van der Waals surface area contributed by atoms with E-state index in [1.54, 1.807) is 60.6 Å². The van der Waals surface area contributed by atoms with Crippen molar-refractivity contribution in [1.82, 2.24) is 55.6 Å². The second kappa shape index (κ2) is 36.5. The van der Waals surface area contributed by atoms with E-state index in [2.05, 4.69) is 21.3 Å². The number of hydrogen-bond donors (Lipinski definition) is 6. The minimum Gasteiger partial charge on any atom is -0.394 e. The molecule has 1 rings (SSSR count). The lowest BCUT2D eigenvalue weighted by Crippen LogP contribution is -2.64. The first-order chi connectivity index (χ1) is 40.7. The molecule has 1 saturated heterocycles. The Morgan fingerprint density at radius 1 is 0.432 bits per heavy atom. The first-order valence-corrected chi connectivity index (χ1v) is 31.7. The summed E-state index contributed by atoms with van der Waals surface area (Å²) < 4.78 is 0. The zero-order valence-corrected chi connectivity index (χ0v) is 57.8. The van der Waals surface area contributed by atoms with Gasteiger partial charge in [-0.2, -0.15) is 0 Å². The van der Waals surface area contributed by atoms with E-state index in [4.69, 9.17) is 0 Å². The maximum absolute atomic E-state index is 15.2. The predicted molar refractivity (Wildman–Crippen MR) is 339 cm³/mol. The van der Waals surface area contributed by atoms with Gasteiger partial charge in [0.25, 0.3) is 0 Å². The van der Waals surface area contributed by atoms with Crippen molar-refractivity contribution in [2.75, 3.05) is 55.9 Å². The van der Waals surface area contributed by atoms with Crippen LogP contribution in [0.2, 0.25) is 0 Å². The predicted octanol–water partition coefficient (Wildman–Crippen LogP) is 3.02. The molecule has 0 spiro atoms. The Labute approximate surface area is 526 Å². The molecule has 0 aromatic carbocycles. The molecule has 1 fully saturated rings. The molecule has 1 aliphatic heterocycles. The van der Waals surface area contributed by atoms with Gasteiger partial charge < -0.3 is 65.8 Å². The molecular formula is C64H115N11O13. The van der Waals surface area contributed by atoms with Gasteiger partial charge in [-0.3, -0.25) is 52.7 Å². The van der Waals surface area contributed by atoms with Crippen molar-refractivity contribution in [3.63, 3.8) is 0 Å². The minimum atomic E-state index is -1.67. The van der Waals surface area contributed by atoms with Crippen LogP contribution in [-0.2, 0) is 52.7 Å². The molecule has 0 radical (unpaired) electrons. The lowest BCUT2D eigenvalue weighted by Gasteiger charge is -2.41. The SMILES string of the molecule is C/C=C/C[C@@H](C)[C@@H](O)[C@H]1C(=O)N[C@@H](CCC)C(=O)N(C)C(CO)C(=O)N(C)[C@@H](CC(C)C)C(=O)N[C@H](C(C)C)C(=O)N(C)[C@H](CC(C)C)C(=O)N[C@H](C)C(=O)N[C@@H](C)C(=O)N(C)[C@@H](CC(C)C)C(=O)N(C)[C@@H](CC(C)C)C(=O)N(C)[C@@H](C(C)C)C(=O)N1C. The number of carbonyl (C=O) groups excluding carboxylic acids is 11. The summed E-state index contributed by atoms with van der Waals surface area (Å²) in [4.78, 5) is 170. The van der Waals surface area contributed by atoms with Crippen LogP contribution in [0.5, 0.6) is 0 Å². The van der Waals surface area contributed by atoms with E-state index in [-0.39, 0.29) is 62.2 Å². The van der Waals surface area contributed by atoms with E-state index in [9.17, 15) is 48.6 Å². The molecule has 1 heterocycles. The molecule has 1 aliphatic rings. The van der Waals surface area contributed by atoms with Crippen molar-refractivity contribution in [3.05, 3.63) is 12.2 Å². The van der Waals surface area contributed by atoms with Crippen LogP contribution in [0, 0.1) is 41.4 Å². The van der Waals surface area contributed by atoms with Crippen LogP contribution in [0.25, 0.3) is 0 Å². The molecule has 0 aromatic heterocycles. The fourth-order valence-corrected chi connectivity index (χ4v) is 11.2. The van der Waals surface area contributed by atoms with E-state index in [1.165, 1.54) is 82.8 Å². The van der Waals surface area contributed by atoms with Crippen LogP contribution in [0.1, 0.15) is 163 Å². The lowest BCUT2D eigenvalue weighted by atomic mass is 9.91. The Morgan fingerprint density at radius 3 is 1.25 bits per heavy atom. The van der Waals surface area contributed by atoms with E-state index in [1.807, 2.05) is 55.4 Å². The quantitative estimate of drug-likeness (QED) is 0.114. The minimum absolute atomic E-state index is 0.00715. The lowest BCUT2D eigenvalue weighted by molar-refractivity contribution is -0.157. The first-order valence-electron chi connectivity index (χ1n) is 31.7. The molecule has 13 atom stereocenters. The smallest absolute Gasteiger partial charge is 0.248 e. The highest BCUT2D eigenvalue weighted by molar-refractivity contribution is 6.00. The number of nitrogens with one attached hydrogen (secondary N) is 4. The Balaban J connectivity index is 4.45. The molecule has 504 valence electrons. The third-order valence-electron chi connectivity index (χ3n) is 16.7. The number of nitrogens with zero attached hydrogens (tertiary/aromatic N) is 7. The third kappa shape index (κ3) is 21.8. The summed E-state index contributed by atoms with van der Waals surface area (Å²) in [6, 6.07) is -14.4. The molecule has 11 amide bonds. The van der Waals surface area contributed by atoms with Gasteiger partial charge in [0.2, 0.25) is 65.0 Å². The van der Waals surface area contributed by atoms with Crippen molar-refractivity contribution in [1.29, 1.82) is 0 Å². The van der Waals surface area contributed by atoms with Crippen LogP contribution >= 0.6 is 0 Å². The average molecular weight is 1250 g/mol. The fourth-order valence-electron chi connectivity index (χ4n) is 11.2. The largest absolute Gasteiger partial charge is 0.394 e. The Hall–Kier alpha value is -6.17. The number of carbonyl (C=O) groups is 11. The number of amides is 11. The Morgan fingerprint density at radius 2 is 0.818 bits per heavy atom. The van der Waals surface area contributed by atoms with Gasteiger partial charge in [-0.05, 0) is 101 Å². The molecule has 0 saturated carbocycles. The second-order valence-electron chi connectivity index (χ2n) is 26.9. The van der Waals surface area contributed by atoms with Gasteiger partial charge in [0.05, 0.1) is 12.7 Å². The highest BCUT2D eigenvalue weighted by Gasteiger charge is 2.46. The second-order valence-corrected chi connectivity index (χ2v) is 26.9. The van der Waals surface area contributed by atoms with E-state index in [0.717, 1.165) is 14.7 Å². The highest BCUT2D eigenvalue weighted by Crippen LogP contribution is 2.26. The van der Waals surface area contributed by atoms with Crippen LogP contribution < -0.4 is 21.3 Å². The fraction of sp³-hybridized carbons (Fsp3) is 0.797. The molecule has 88 heavy (non-hydrogen) atoms. The molecular weight excluding hydrogens is 1130 g/mol. The summed E-state index contributed by atoms with van der Waals surface area (Å²) in [6.07, 6.45) is 3.11. The average Bonchev–Trinajstić information content (AvgIpc) is 2.76. The molecule has 0 aliphatic carbocycles. The summed E-state index contributed by atoms with van der Waals surface area (Å²) in [5.74, 6) is -10.5. The molecule has 24 nitrogen and oxygen atoms in total. The molecule has 0 bridgehead atoms. The van der Waals surface area contributed by atoms with Gasteiger partial charge in [-0.15, -0.1) is 0 Å². The normalized spacial score (nSPS) is 27.2. The summed E-state index contributed by atoms with van der Waals surface area (Å²) in [5, 5.41) is 34.1. The van der Waals surface area contributed by atoms with Crippen molar-refractivity contribution in [2.45, 2.75) is 235 Å². The van der Waals surface area contributed by atoms with Gasteiger partial charge in [0.1, 0.15) is 66.5 Å². The third-order valence-corrected chi connectivity index (χ3v) is 16.7. The molecule has 6 N–H and O–H groups in total. The number of aliphatic hydroxyl groups is 2. The van der Waals surface area contributed by atoms with Gasteiger partial charge >= 0.3 is 0 Å². The van der Waals surface area contributed by atoms with Gasteiger partial charge in [0, 0.05) is 49.3 Å². The number of allylic oxidation sites excluding steroid dienone is 2. The van der Waals surface area contributed by atoms with Crippen molar-refractivity contribution in [3.8, 4) is 0 Å². The molecule has 1 unspecified atom stereocenters. The Bertz CT molecular complexity index is 2400. The van der Waals surface area contributed by atoms with Crippen LogP contribution in [-0.4, -0.2) is 238 Å². The first kappa shape index (κ1) is 79.8. The van der Waals surface area contributed by atoms with Crippen LogP contribution in [0.3, 0.4) is 0 Å². The number of rotatable bonds is 17. The highest BCUT2D eigenvalue weighted by atomic mass is 16.3. The van der Waals surface area contributed by atoms with E-state index >= 15 is 14.4 Å². The maximum atomic E-state index is 15.2. The van der Waals surface area contributed by atoms with E-state index in [0.29, 0.717) is 6.42 Å². The summed E-state index contributed by atoms with van der Waals surface area (Å²) in [6.45, 7) is 28.8. The number of likely N-dealkylation sites (N-methyl/N-ethyl adjacent to an activating group) is 7. The van der Waals surface area contributed by atoms with Crippen LogP contribution in [0.4, 0.5) is 0 Å². The van der Waals surface area contributed by atoms with Crippen LogP contribution in [0.15, 0.2) is 12.2 Å². The number of hydrogen-bond acceptors (Lipinski definition) is 13. The molecule has 24 heteroatoms. The van der Waals surface area contributed by atoms with Crippen molar-refractivity contribution >= 4 is 65.0 Å². The standard InChI is InChI=1S/C64H115N11O13/c1-25-27-29-41(15)53(77)52-57(81)67-44(28-26-2)59(83)73(22)49(34-76)62(86)69(18)46(31-36(5)6)56(80)68-50(39(11)12)63(87)70(19)45(30-35(3)4)55(79)65-42(16)54(78)66-43(17)58(82)71(20)47(32-37(7)8)60(84)72(21)48(33-38(9)10)61(85)74(23)51(40(13)14)64(88)75(52)24/h25,27,35-53,76-77H,26,28-34H2,1-24H3,(H,65,79)(H,66,78)(H,67,81)(H,68,80)/b27-25+/t41-,42-,43+,44+,45-,46+,47+,48+,49?,50-,51+,52+,53-/m1/s1. The monoisotopic (exact) mass is 1250 g/mol. The summed E-state index contributed by atoms with van der Waals surface area (Å²) >= 11 is 0. The zero-order chi connectivity index (χ0) is 68.3. The topological polar surface area (TPSA) is 299 Å². The van der Waals surface area contributed by atoms with Crippen molar-refractivity contribution in [2.24, 2.45) is 41.4 Å². The summed E-state index contributed by atoms with van der Waals surface area (Å²) in [7, 11) is 9.68. The summed E-state index contributed by atoms with van der Waals surface area (Å²) in [5.41, 5.74) is 0. The van der Waals surface area contributed by atoms with Gasteiger partial charge in [-0.25, -0.2) is 0 Å². The number of aliphatic hydroxyl groups excluding tert-OH is 2. The van der Waals surface area contributed by atoms with Gasteiger partial charge in [-0.1, -0.05) is 116 Å². The molecule has 0 aromatic rings. The zero-order valence-electron chi connectivity index (χ0n) is 57.8. The van der Waals surface area contributed by atoms with Crippen molar-refractivity contribution < 1.29 is 63.0 Å². The van der Waals surface area contributed by atoms with E-state index < -0.39 is 162 Å².